The molecule has 1 N–H and O–H groups in total. The number of methoxy groups -OCH3 is 1. The fourth-order valence-electron chi connectivity index (χ4n) is 3.44. The Morgan fingerprint density at radius 2 is 1.93 bits per heavy atom. The molecule has 0 aliphatic rings. The molecular formula is C22H29N3O2. The van der Waals surface area contributed by atoms with E-state index in [4.69, 9.17) is 14.7 Å². The molecule has 27 heavy (non-hydrogen) atoms. The maximum Gasteiger partial charge on any atom is 0.222 e. The van der Waals surface area contributed by atoms with Crippen molar-refractivity contribution in [3.8, 4) is 17.1 Å². The van der Waals surface area contributed by atoms with E-state index in [0.29, 0.717) is 11.8 Å². The summed E-state index contributed by atoms with van der Waals surface area (Å²) in [5.74, 6) is 0.953. The van der Waals surface area contributed by atoms with E-state index in [2.05, 4.69) is 56.7 Å². The van der Waals surface area contributed by atoms with E-state index in [0.717, 1.165) is 45.5 Å². The van der Waals surface area contributed by atoms with Gasteiger partial charge in [-0.2, -0.15) is 0 Å². The molecule has 0 unspecified atom stereocenters. The number of hydrogen-bond acceptors (Lipinski definition) is 4. The minimum absolute atomic E-state index is 0.0140. The van der Waals surface area contributed by atoms with Crippen LogP contribution >= 0.6 is 0 Å². The number of aromatic nitrogens is 3. The van der Waals surface area contributed by atoms with Crippen molar-refractivity contribution in [2.45, 2.75) is 53.0 Å². The van der Waals surface area contributed by atoms with Crippen LogP contribution in [0.3, 0.4) is 0 Å². The lowest BCUT2D eigenvalue weighted by molar-refractivity contribution is 0.241. The molecular weight excluding hydrogens is 338 g/mol. The van der Waals surface area contributed by atoms with Gasteiger partial charge in [0.15, 0.2) is 0 Å². The predicted octanol–water partition coefficient (Wildman–Crippen LogP) is 4.65. The second-order valence-corrected chi connectivity index (χ2v) is 7.42. The first-order valence-corrected chi connectivity index (χ1v) is 9.58. The van der Waals surface area contributed by atoms with Gasteiger partial charge in [-0.25, -0.2) is 9.97 Å². The molecule has 0 radical (unpaired) electrons. The number of aryl methyl sites for hydroxylation is 2. The molecule has 3 heterocycles. The first-order chi connectivity index (χ1) is 12.9. The van der Waals surface area contributed by atoms with Crippen LogP contribution in [0.5, 0.6) is 5.88 Å². The van der Waals surface area contributed by atoms with Crippen LogP contribution in [0, 0.1) is 6.92 Å². The van der Waals surface area contributed by atoms with Gasteiger partial charge >= 0.3 is 0 Å². The van der Waals surface area contributed by atoms with Gasteiger partial charge in [0.05, 0.1) is 42.0 Å². The van der Waals surface area contributed by atoms with Crippen molar-refractivity contribution in [2.24, 2.45) is 0 Å². The number of rotatable bonds is 6. The number of aliphatic hydroxyl groups excluding tert-OH is 1. The van der Waals surface area contributed by atoms with Gasteiger partial charge in [-0.3, -0.25) is 0 Å². The highest BCUT2D eigenvalue weighted by Crippen LogP contribution is 2.34. The highest BCUT2D eigenvalue weighted by molar-refractivity contribution is 5.85. The summed E-state index contributed by atoms with van der Waals surface area (Å²) in [4.78, 5) is 9.70. The van der Waals surface area contributed by atoms with E-state index in [1.54, 1.807) is 7.11 Å². The van der Waals surface area contributed by atoms with Gasteiger partial charge in [0.1, 0.15) is 0 Å². The third-order valence-electron chi connectivity index (χ3n) is 5.11. The Bertz CT molecular complexity index is 960. The molecule has 0 aromatic carbocycles. The SMILES string of the molecule is CCc1cc2c(nc1-c1ccc(C(C)C)nc1OC)c(C)cn2[C@@H](C)CO. The van der Waals surface area contributed by atoms with E-state index >= 15 is 0 Å². The minimum atomic E-state index is 0.0140. The van der Waals surface area contributed by atoms with Crippen LogP contribution in [0.25, 0.3) is 22.3 Å². The van der Waals surface area contributed by atoms with E-state index in [9.17, 15) is 5.11 Å². The average molecular weight is 367 g/mol. The van der Waals surface area contributed by atoms with Crippen LogP contribution in [0.1, 0.15) is 56.5 Å². The van der Waals surface area contributed by atoms with Crippen molar-refractivity contribution in [2.75, 3.05) is 13.7 Å². The molecule has 3 aromatic rings. The monoisotopic (exact) mass is 367 g/mol. The Morgan fingerprint density at radius 1 is 1.19 bits per heavy atom. The molecule has 1 atom stereocenters. The quantitative estimate of drug-likeness (QED) is 0.689. The molecule has 0 amide bonds. The Kier molecular flexibility index (Phi) is 5.51. The molecule has 0 bridgehead atoms. The molecule has 5 heteroatoms. The maximum absolute atomic E-state index is 9.59. The summed E-state index contributed by atoms with van der Waals surface area (Å²) in [6.45, 7) is 10.5. The second-order valence-electron chi connectivity index (χ2n) is 7.42. The molecule has 0 aliphatic heterocycles. The number of fused-ring (bicyclic) bond motifs is 1. The average Bonchev–Trinajstić information content (AvgIpc) is 3.01. The van der Waals surface area contributed by atoms with Crippen LogP contribution in [0.2, 0.25) is 0 Å². The van der Waals surface area contributed by atoms with Crippen molar-refractivity contribution in [1.82, 2.24) is 14.5 Å². The molecule has 3 aromatic heterocycles. The fourth-order valence-corrected chi connectivity index (χ4v) is 3.44. The first-order valence-electron chi connectivity index (χ1n) is 9.58. The number of pyridine rings is 2. The Balaban J connectivity index is 2.25. The number of hydrogen-bond donors (Lipinski definition) is 1. The highest BCUT2D eigenvalue weighted by Gasteiger charge is 2.19. The zero-order valence-electron chi connectivity index (χ0n) is 17.1. The Labute approximate surface area is 161 Å². The normalized spacial score (nSPS) is 12.7. The van der Waals surface area contributed by atoms with Crippen molar-refractivity contribution in [3.05, 3.63) is 41.2 Å². The van der Waals surface area contributed by atoms with Gasteiger partial charge in [0.25, 0.3) is 0 Å². The Morgan fingerprint density at radius 3 is 2.52 bits per heavy atom. The summed E-state index contributed by atoms with van der Waals surface area (Å²) in [6.07, 6.45) is 2.92. The summed E-state index contributed by atoms with van der Waals surface area (Å²) in [5, 5.41) is 9.59. The van der Waals surface area contributed by atoms with Gasteiger partial charge in [-0.1, -0.05) is 20.8 Å². The summed E-state index contributed by atoms with van der Waals surface area (Å²) < 4.78 is 7.71. The van der Waals surface area contributed by atoms with Crippen molar-refractivity contribution in [1.29, 1.82) is 0 Å². The van der Waals surface area contributed by atoms with E-state index in [-0.39, 0.29) is 12.6 Å². The van der Waals surface area contributed by atoms with Crippen LogP contribution in [-0.4, -0.2) is 33.4 Å². The molecule has 0 fully saturated rings. The summed E-state index contributed by atoms with van der Waals surface area (Å²) in [5.41, 5.74) is 7.10. The van der Waals surface area contributed by atoms with Gasteiger partial charge in [0.2, 0.25) is 5.88 Å². The van der Waals surface area contributed by atoms with Crippen LogP contribution in [-0.2, 0) is 6.42 Å². The number of ether oxygens (including phenoxy) is 1. The molecule has 0 spiro atoms. The lowest BCUT2D eigenvalue weighted by Crippen LogP contribution is -2.08. The predicted molar refractivity (Wildman–Crippen MR) is 110 cm³/mol. The van der Waals surface area contributed by atoms with E-state index in [1.807, 2.05) is 6.92 Å². The van der Waals surface area contributed by atoms with Crippen LogP contribution in [0.15, 0.2) is 24.4 Å². The molecule has 0 saturated carbocycles. The molecule has 3 rings (SSSR count). The third-order valence-corrected chi connectivity index (χ3v) is 5.11. The lowest BCUT2D eigenvalue weighted by Gasteiger charge is -2.16. The number of nitrogens with zero attached hydrogens (tertiary/aromatic N) is 3. The first kappa shape index (κ1) is 19.4. The zero-order valence-corrected chi connectivity index (χ0v) is 17.1. The largest absolute Gasteiger partial charge is 0.480 e. The third kappa shape index (κ3) is 3.44. The van der Waals surface area contributed by atoms with Gasteiger partial charge in [0, 0.05) is 11.9 Å². The zero-order chi connectivity index (χ0) is 19.7. The van der Waals surface area contributed by atoms with Crippen molar-refractivity contribution >= 4 is 11.0 Å². The second kappa shape index (κ2) is 7.69. The number of aliphatic hydroxyl groups is 1. The minimum Gasteiger partial charge on any atom is -0.480 e. The smallest absolute Gasteiger partial charge is 0.222 e. The van der Waals surface area contributed by atoms with Crippen LogP contribution < -0.4 is 4.74 Å². The molecule has 5 nitrogen and oxygen atoms in total. The highest BCUT2D eigenvalue weighted by atomic mass is 16.5. The van der Waals surface area contributed by atoms with Crippen molar-refractivity contribution < 1.29 is 9.84 Å². The standard InChI is InChI=1S/C22H29N3O2/c1-7-16-10-19-20(14(4)11-25(19)15(5)12-26)24-21(16)17-8-9-18(13(2)3)23-22(17)27-6/h8-11,13,15,26H,7,12H2,1-6H3/t15-/m0/s1. The van der Waals surface area contributed by atoms with Gasteiger partial charge < -0.3 is 14.4 Å². The summed E-state index contributed by atoms with van der Waals surface area (Å²) in [6, 6.07) is 6.32. The maximum atomic E-state index is 9.59. The van der Waals surface area contributed by atoms with Crippen LogP contribution in [0.4, 0.5) is 0 Å². The van der Waals surface area contributed by atoms with Crippen molar-refractivity contribution in [3.63, 3.8) is 0 Å². The fraction of sp³-hybridized carbons (Fsp3) is 0.455. The van der Waals surface area contributed by atoms with E-state index in [1.165, 1.54) is 0 Å². The molecule has 144 valence electrons. The summed E-state index contributed by atoms with van der Waals surface area (Å²) >= 11 is 0. The summed E-state index contributed by atoms with van der Waals surface area (Å²) in [7, 11) is 1.66. The topological polar surface area (TPSA) is 60.2 Å². The molecule has 0 aliphatic carbocycles. The molecule has 0 saturated heterocycles. The van der Waals surface area contributed by atoms with E-state index < -0.39 is 0 Å². The lowest BCUT2D eigenvalue weighted by atomic mass is 10.0. The van der Waals surface area contributed by atoms with Gasteiger partial charge in [-0.15, -0.1) is 0 Å². The van der Waals surface area contributed by atoms with Gasteiger partial charge in [-0.05, 0) is 55.5 Å². The Hall–Kier alpha value is -2.40.